The van der Waals surface area contributed by atoms with Crippen molar-refractivity contribution < 1.29 is 4.74 Å². The van der Waals surface area contributed by atoms with Gasteiger partial charge in [0, 0.05) is 13.2 Å². The zero-order valence-corrected chi connectivity index (χ0v) is 11.3. The first-order chi connectivity index (χ1) is 7.54. The molecular weight excluding hydrogens is 198 g/mol. The van der Waals surface area contributed by atoms with Crippen molar-refractivity contribution in [1.29, 1.82) is 0 Å². The minimum Gasteiger partial charge on any atom is -0.382 e. The third-order valence-corrected chi connectivity index (χ3v) is 4.30. The van der Waals surface area contributed by atoms with E-state index in [-0.39, 0.29) is 0 Å². The summed E-state index contributed by atoms with van der Waals surface area (Å²) < 4.78 is 5.41. The molecule has 1 rings (SSSR count). The highest BCUT2D eigenvalue weighted by Crippen LogP contribution is 2.46. The van der Waals surface area contributed by atoms with Crippen LogP contribution in [0.5, 0.6) is 0 Å². The lowest BCUT2D eigenvalue weighted by molar-refractivity contribution is 0.0788. The Kier molecular flexibility index (Phi) is 5.26. The van der Waals surface area contributed by atoms with E-state index in [1.165, 1.54) is 38.5 Å². The van der Waals surface area contributed by atoms with Gasteiger partial charge in [0.2, 0.25) is 0 Å². The zero-order chi connectivity index (χ0) is 12.1. The van der Waals surface area contributed by atoms with Gasteiger partial charge in [-0.25, -0.2) is 0 Å². The normalized spacial score (nSPS) is 23.2. The summed E-state index contributed by atoms with van der Waals surface area (Å²) in [5, 5.41) is 0. The van der Waals surface area contributed by atoms with Crippen molar-refractivity contribution in [3.8, 4) is 0 Å². The van der Waals surface area contributed by atoms with Gasteiger partial charge in [-0.15, -0.1) is 0 Å². The van der Waals surface area contributed by atoms with Crippen molar-refractivity contribution in [1.82, 2.24) is 0 Å². The molecule has 1 saturated carbocycles. The molecule has 0 bridgehead atoms. The quantitative estimate of drug-likeness (QED) is 0.706. The van der Waals surface area contributed by atoms with Gasteiger partial charge in [0.1, 0.15) is 0 Å². The molecule has 0 aliphatic heterocycles. The molecular formula is C14H29NO. The minimum atomic E-state index is 0.423. The molecule has 1 aliphatic carbocycles. The molecule has 0 amide bonds. The Bertz CT molecular complexity index is 191. The number of ether oxygens (including phenoxy) is 1. The van der Waals surface area contributed by atoms with Crippen LogP contribution in [-0.2, 0) is 4.74 Å². The van der Waals surface area contributed by atoms with Crippen molar-refractivity contribution in [2.24, 2.45) is 16.6 Å². The van der Waals surface area contributed by atoms with Gasteiger partial charge < -0.3 is 10.5 Å². The van der Waals surface area contributed by atoms with E-state index in [1.807, 2.05) is 0 Å². The summed E-state index contributed by atoms with van der Waals surface area (Å²) in [7, 11) is 0. The number of rotatable bonds is 6. The molecule has 96 valence electrons. The predicted octanol–water partition coefficient (Wildman–Crippen LogP) is 3.35. The Morgan fingerprint density at radius 2 is 1.75 bits per heavy atom. The summed E-state index contributed by atoms with van der Waals surface area (Å²) in [4.78, 5) is 0. The van der Waals surface area contributed by atoms with Crippen LogP contribution in [-0.4, -0.2) is 19.8 Å². The summed E-state index contributed by atoms with van der Waals surface area (Å²) in [5.74, 6) is 0. The first-order valence-corrected chi connectivity index (χ1v) is 6.81. The van der Waals surface area contributed by atoms with E-state index in [4.69, 9.17) is 10.5 Å². The van der Waals surface area contributed by atoms with Gasteiger partial charge >= 0.3 is 0 Å². The van der Waals surface area contributed by atoms with Crippen LogP contribution in [0.25, 0.3) is 0 Å². The summed E-state index contributed by atoms with van der Waals surface area (Å²) in [6.45, 7) is 9.42. The number of nitrogens with two attached hydrogens (primary N) is 1. The molecule has 0 aromatic heterocycles. The molecule has 0 spiro atoms. The van der Waals surface area contributed by atoms with Crippen LogP contribution in [0.1, 0.15) is 59.3 Å². The van der Waals surface area contributed by atoms with E-state index in [9.17, 15) is 0 Å². The van der Waals surface area contributed by atoms with Crippen molar-refractivity contribution in [2.75, 3.05) is 19.8 Å². The summed E-state index contributed by atoms with van der Waals surface area (Å²) in [6, 6.07) is 0. The molecule has 0 aromatic rings. The van der Waals surface area contributed by atoms with E-state index in [1.54, 1.807) is 0 Å². The second kappa shape index (κ2) is 6.02. The van der Waals surface area contributed by atoms with Crippen LogP contribution >= 0.6 is 0 Å². The molecule has 0 aromatic carbocycles. The predicted molar refractivity (Wildman–Crippen MR) is 69.5 cm³/mol. The van der Waals surface area contributed by atoms with Crippen molar-refractivity contribution in [3.63, 3.8) is 0 Å². The highest BCUT2D eigenvalue weighted by atomic mass is 16.5. The van der Waals surface area contributed by atoms with Crippen LogP contribution in [0, 0.1) is 10.8 Å². The van der Waals surface area contributed by atoms with Crippen LogP contribution < -0.4 is 5.73 Å². The largest absolute Gasteiger partial charge is 0.382 e. The molecule has 2 nitrogen and oxygen atoms in total. The second-order valence-electron chi connectivity index (χ2n) is 6.17. The lowest BCUT2D eigenvalue weighted by Gasteiger charge is -2.43. The van der Waals surface area contributed by atoms with Crippen LogP contribution in [0.3, 0.4) is 0 Å². The first kappa shape index (κ1) is 14.0. The lowest BCUT2D eigenvalue weighted by atomic mass is 9.63. The standard InChI is InChI=1S/C14H29NO/c1-4-16-11-5-6-14(12-15)9-7-13(2,3)8-10-14/h4-12,15H2,1-3H3. The van der Waals surface area contributed by atoms with Crippen molar-refractivity contribution in [2.45, 2.75) is 59.3 Å². The molecule has 0 radical (unpaired) electrons. The second-order valence-corrected chi connectivity index (χ2v) is 6.17. The maximum Gasteiger partial charge on any atom is 0.0466 e. The van der Waals surface area contributed by atoms with E-state index in [0.717, 1.165) is 19.8 Å². The Hall–Kier alpha value is -0.0800. The maximum absolute atomic E-state index is 6.00. The Balaban J connectivity index is 2.34. The third kappa shape index (κ3) is 4.06. The molecule has 0 unspecified atom stereocenters. The van der Waals surface area contributed by atoms with Gasteiger partial charge in [0.15, 0.2) is 0 Å². The van der Waals surface area contributed by atoms with Gasteiger partial charge in [-0.05, 0) is 62.8 Å². The van der Waals surface area contributed by atoms with E-state index >= 15 is 0 Å². The molecule has 2 heteroatoms. The van der Waals surface area contributed by atoms with Gasteiger partial charge in [-0.3, -0.25) is 0 Å². The molecule has 16 heavy (non-hydrogen) atoms. The monoisotopic (exact) mass is 227 g/mol. The third-order valence-electron chi connectivity index (χ3n) is 4.30. The van der Waals surface area contributed by atoms with Gasteiger partial charge in [-0.2, -0.15) is 0 Å². The van der Waals surface area contributed by atoms with Crippen LogP contribution in [0.15, 0.2) is 0 Å². The Labute approximate surface area is 101 Å². The number of hydrogen-bond donors (Lipinski definition) is 1. The molecule has 1 aliphatic rings. The topological polar surface area (TPSA) is 35.2 Å². The highest BCUT2D eigenvalue weighted by molar-refractivity contribution is 4.89. The summed E-state index contributed by atoms with van der Waals surface area (Å²) in [5.41, 5.74) is 6.96. The zero-order valence-electron chi connectivity index (χ0n) is 11.3. The average Bonchev–Trinajstić information content (AvgIpc) is 2.27. The molecule has 1 fully saturated rings. The summed E-state index contributed by atoms with van der Waals surface area (Å²) in [6.07, 6.45) is 7.70. The van der Waals surface area contributed by atoms with E-state index < -0.39 is 0 Å². The summed E-state index contributed by atoms with van der Waals surface area (Å²) >= 11 is 0. The fraction of sp³-hybridized carbons (Fsp3) is 1.00. The Morgan fingerprint density at radius 1 is 1.12 bits per heavy atom. The average molecular weight is 227 g/mol. The van der Waals surface area contributed by atoms with Crippen molar-refractivity contribution in [3.05, 3.63) is 0 Å². The van der Waals surface area contributed by atoms with E-state index in [2.05, 4.69) is 20.8 Å². The Morgan fingerprint density at radius 3 is 2.25 bits per heavy atom. The van der Waals surface area contributed by atoms with Crippen LogP contribution in [0.2, 0.25) is 0 Å². The minimum absolute atomic E-state index is 0.423. The van der Waals surface area contributed by atoms with Gasteiger partial charge in [0.25, 0.3) is 0 Å². The molecule has 2 N–H and O–H groups in total. The highest BCUT2D eigenvalue weighted by Gasteiger charge is 2.36. The van der Waals surface area contributed by atoms with Crippen LogP contribution in [0.4, 0.5) is 0 Å². The molecule has 0 atom stereocenters. The lowest BCUT2D eigenvalue weighted by Crippen LogP contribution is -2.37. The van der Waals surface area contributed by atoms with Gasteiger partial charge in [-0.1, -0.05) is 13.8 Å². The molecule has 0 saturated heterocycles. The maximum atomic E-state index is 6.00. The number of hydrogen-bond acceptors (Lipinski definition) is 2. The van der Waals surface area contributed by atoms with E-state index in [0.29, 0.717) is 10.8 Å². The van der Waals surface area contributed by atoms with Gasteiger partial charge in [0.05, 0.1) is 0 Å². The van der Waals surface area contributed by atoms with Crippen molar-refractivity contribution >= 4 is 0 Å². The smallest absolute Gasteiger partial charge is 0.0466 e. The fourth-order valence-electron chi connectivity index (χ4n) is 2.71. The SMILES string of the molecule is CCOCCCC1(CN)CCC(C)(C)CC1. The fourth-order valence-corrected chi connectivity index (χ4v) is 2.71. The first-order valence-electron chi connectivity index (χ1n) is 6.81. The molecule has 0 heterocycles.